The molecule has 0 atom stereocenters. The minimum atomic E-state index is -1.60. The first kappa shape index (κ1) is 18.3. The summed E-state index contributed by atoms with van der Waals surface area (Å²) in [5.41, 5.74) is 2.27. The van der Waals surface area contributed by atoms with Crippen molar-refractivity contribution in [3.05, 3.63) is 78.4 Å². The van der Waals surface area contributed by atoms with Gasteiger partial charge in [0.05, 0.1) is 11.4 Å². The van der Waals surface area contributed by atoms with Crippen molar-refractivity contribution >= 4 is 35.6 Å². The van der Waals surface area contributed by atoms with Crippen LogP contribution >= 0.6 is 0 Å². The molecule has 0 heterocycles. The quantitative estimate of drug-likeness (QED) is 0.477. The van der Waals surface area contributed by atoms with E-state index in [9.17, 15) is 19.9 Å². The zero-order valence-corrected chi connectivity index (χ0v) is 14.1. The van der Waals surface area contributed by atoms with E-state index >= 15 is 0 Å². The van der Waals surface area contributed by atoms with Gasteiger partial charge in [0, 0.05) is 11.3 Å². The van der Waals surface area contributed by atoms with E-state index in [1.54, 1.807) is 54.6 Å². The van der Waals surface area contributed by atoms with Crippen LogP contribution in [0.1, 0.15) is 10.4 Å². The molecule has 0 radical (unpaired) electrons. The van der Waals surface area contributed by atoms with Gasteiger partial charge < -0.3 is 20.5 Å². The summed E-state index contributed by atoms with van der Waals surface area (Å²) in [5.74, 6) is -0.433. The highest BCUT2D eigenvalue weighted by atomic mass is 16.4. The average molecular weight is 360 g/mol. The van der Waals surface area contributed by atoms with Gasteiger partial charge in [-0.25, -0.2) is 0 Å². The van der Waals surface area contributed by atoms with E-state index in [1.807, 2.05) is 0 Å². The molecule has 0 unspecified atom stereocenters. The molecule has 0 aromatic heterocycles. The first-order valence-corrected chi connectivity index (χ1v) is 8.07. The van der Waals surface area contributed by atoms with Gasteiger partial charge in [0.2, 0.25) is 0 Å². The Balaban J connectivity index is 1.66. The molecule has 1 amide bonds. The second-order valence-electron chi connectivity index (χ2n) is 5.69. The number of nitrogens with zero attached hydrogens (tertiary/aromatic N) is 2. The zero-order chi connectivity index (χ0) is 19.2. The summed E-state index contributed by atoms with van der Waals surface area (Å²) < 4.78 is 0. The monoisotopic (exact) mass is 360 g/mol. The molecule has 0 aliphatic rings. The number of benzene rings is 3. The molecule has 0 bridgehead atoms. The minimum absolute atomic E-state index is 0.0941. The summed E-state index contributed by atoms with van der Waals surface area (Å²) in [6.45, 7) is 0. The smallest absolute Gasteiger partial charge is 0.488 e. The Bertz CT molecular complexity index is 957. The Kier molecular flexibility index (Phi) is 5.60. The van der Waals surface area contributed by atoms with Crippen LogP contribution in [-0.4, -0.2) is 23.1 Å². The third-order valence-electron chi connectivity index (χ3n) is 3.69. The number of hydrogen-bond donors (Lipinski definition) is 3. The molecule has 3 N–H and O–H groups in total. The molecular formula is C19H15BN3O4-. The molecule has 0 saturated heterocycles. The van der Waals surface area contributed by atoms with Crippen LogP contribution in [0, 0.1) is 0 Å². The molecule has 0 aliphatic carbocycles. The van der Waals surface area contributed by atoms with E-state index in [4.69, 9.17) is 0 Å². The lowest BCUT2D eigenvalue weighted by Gasteiger charge is -2.07. The maximum absolute atomic E-state index is 12.3. The van der Waals surface area contributed by atoms with Crippen LogP contribution in [0.15, 0.2) is 83.0 Å². The Morgan fingerprint density at radius 2 is 1.48 bits per heavy atom. The highest BCUT2D eigenvalue weighted by Crippen LogP contribution is 2.20. The lowest BCUT2D eigenvalue weighted by atomic mass is 9.80. The minimum Gasteiger partial charge on any atom is -0.872 e. The van der Waals surface area contributed by atoms with Crippen LogP contribution in [0.4, 0.5) is 17.1 Å². The fourth-order valence-corrected chi connectivity index (χ4v) is 2.29. The second-order valence-corrected chi connectivity index (χ2v) is 5.69. The molecule has 3 aromatic carbocycles. The fourth-order valence-electron chi connectivity index (χ4n) is 2.29. The Labute approximate surface area is 155 Å². The van der Waals surface area contributed by atoms with Crippen LogP contribution in [0.3, 0.4) is 0 Å². The lowest BCUT2D eigenvalue weighted by Crippen LogP contribution is -2.30. The zero-order valence-electron chi connectivity index (χ0n) is 14.1. The van der Waals surface area contributed by atoms with Crippen LogP contribution in [0.2, 0.25) is 0 Å². The molecule has 7 nitrogen and oxygen atoms in total. The molecule has 0 spiro atoms. The van der Waals surface area contributed by atoms with Gasteiger partial charge >= 0.3 is 7.12 Å². The first-order chi connectivity index (χ1) is 13.0. The summed E-state index contributed by atoms with van der Waals surface area (Å²) in [7, 11) is -1.60. The van der Waals surface area contributed by atoms with Crippen LogP contribution < -0.4 is 15.9 Å². The predicted octanol–water partition coefficient (Wildman–Crippen LogP) is 2.11. The molecule has 8 heteroatoms. The van der Waals surface area contributed by atoms with E-state index < -0.39 is 7.12 Å². The summed E-state index contributed by atoms with van der Waals surface area (Å²) in [4.78, 5) is 12.3. The average Bonchev–Trinajstić information content (AvgIpc) is 2.68. The standard InChI is InChI=1S/C19H16BN3O4/c24-18-10-8-16(9-11-18)23-22-15-6-4-13(5-7-15)19(25)21-17-3-1-2-14(12-17)20(26)27/h1-12,24,26-27H,(H,21,25)/p-1. The number of amides is 1. The van der Waals surface area contributed by atoms with E-state index in [0.29, 0.717) is 22.6 Å². The number of carbonyl (C=O) groups excluding carboxylic acids is 1. The van der Waals surface area contributed by atoms with Gasteiger partial charge in [-0.3, -0.25) is 4.79 Å². The molecule has 3 rings (SSSR count). The van der Waals surface area contributed by atoms with Crippen molar-refractivity contribution in [2.45, 2.75) is 0 Å². The maximum Gasteiger partial charge on any atom is 0.488 e. The lowest BCUT2D eigenvalue weighted by molar-refractivity contribution is -0.268. The van der Waals surface area contributed by atoms with E-state index in [2.05, 4.69) is 15.5 Å². The first-order valence-electron chi connectivity index (χ1n) is 8.07. The molecule has 0 aliphatic heterocycles. The van der Waals surface area contributed by atoms with Crippen molar-refractivity contribution in [1.82, 2.24) is 0 Å². The number of rotatable bonds is 5. The number of anilines is 1. The van der Waals surface area contributed by atoms with Gasteiger partial charge in [0.1, 0.15) is 0 Å². The molecule has 3 aromatic rings. The van der Waals surface area contributed by atoms with Crippen molar-refractivity contribution in [2.24, 2.45) is 10.2 Å². The van der Waals surface area contributed by atoms with E-state index in [1.165, 1.54) is 18.2 Å². The second kappa shape index (κ2) is 8.26. The van der Waals surface area contributed by atoms with E-state index in [-0.39, 0.29) is 17.1 Å². The number of nitrogens with one attached hydrogen (secondary N) is 1. The Hall–Kier alpha value is -3.49. The van der Waals surface area contributed by atoms with Crippen molar-refractivity contribution in [2.75, 3.05) is 5.32 Å². The normalized spacial score (nSPS) is 10.7. The summed E-state index contributed by atoms with van der Waals surface area (Å²) in [6, 6.07) is 18.8. The molecular weight excluding hydrogens is 345 g/mol. The predicted molar refractivity (Wildman–Crippen MR) is 101 cm³/mol. The van der Waals surface area contributed by atoms with Crippen LogP contribution in [-0.2, 0) is 0 Å². The van der Waals surface area contributed by atoms with Crippen molar-refractivity contribution in [3.8, 4) is 5.75 Å². The SMILES string of the molecule is O=C(Nc1cccc(B(O)O)c1)c1ccc(N=Nc2ccc([O-])cc2)cc1. The summed E-state index contributed by atoms with van der Waals surface area (Å²) in [6.07, 6.45) is 0. The van der Waals surface area contributed by atoms with Crippen molar-refractivity contribution < 1.29 is 19.9 Å². The number of carbonyl (C=O) groups is 1. The Morgan fingerprint density at radius 1 is 0.889 bits per heavy atom. The van der Waals surface area contributed by atoms with Crippen molar-refractivity contribution in [3.63, 3.8) is 0 Å². The van der Waals surface area contributed by atoms with Gasteiger partial charge in [-0.15, -0.1) is 5.75 Å². The van der Waals surface area contributed by atoms with Gasteiger partial charge in [-0.1, -0.05) is 24.3 Å². The molecule has 0 fully saturated rings. The van der Waals surface area contributed by atoms with Crippen molar-refractivity contribution in [1.29, 1.82) is 0 Å². The highest BCUT2D eigenvalue weighted by molar-refractivity contribution is 6.58. The highest BCUT2D eigenvalue weighted by Gasteiger charge is 2.12. The number of hydrogen-bond acceptors (Lipinski definition) is 6. The molecule has 27 heavy (non-hydrogen) atoms. The van der Waals surface area contributed by atoms with Crippen LogP contribution in [0.5, 0.6) is 5.75 Å². The molecule has 134 valence electrons. The Morgan fingerprint density at radius 3 is 2.07 bits per heavy atom. The van der Waals surface area contributed by atoms with Gasteiger partial charge in [-0.2, -0.15) is 10.2 Å². The fraction of sp³-hybridized carbons (Fsp3) is 0. The molecule has 0 saturated carbocycles. The van der Waals surface area contributed by atoms with Gasteiger partial charge in [0.25, 0.3) is 5.91 Å². The van der Waals surface area contributed by atoms with Gasteiger partial charge in [0.15, 0.2) is 0 Å². The van der Waals surface area contributed by atoms with Gasteiger partial charge in [-0.05, 0) is 54.0 Å². The summed E-state index contributed by atoms with van der Waals surface area (Å²) in [5, 5.41) is 40.2. The number of azo groups is 1. The van der Waals surface area contributed by atoms with E-state index in [0.717, 1.165) is 0 Å². The largest absolute Gasteiger partial charge is 0.872 e. The topological polar surface area (TPSA) is 117 Å². The third kappa shape index (κ3) is 5.00. The third-order valence-corrected chi connectivity index (χ3v) is 3.69. The van der Waals surface area contributed by atoms with Crippen LogP contribution in [0.25, 0.3) is 0 Å². The maximum atomic E-state index is 12.3. The summed E-state index contributed by atoms with van der Waals surface area (Å²) >= 11 is 0.